The van der Waals surface area contributed by atoms with Gasteiger partial charge in [-0.15, -0.1) is 0 Å². The van der Waals surface area contributed by atoms with E-state index in [1.54, 1.807) is 0 Å². The number of quaternary nitrogens is 1. The predicted molar refractivity (Wildman–Crippen MR) is 77.0 cm³/mol. The number of hydrogen-bond acceptors (Lipinski definition) is 5. The third-order valence-electron chi connectivity index (χ3n) is 3.29. The molecule has 0 aromatic carbocycles. The molecule has 0 N–H and O–H groups in total. The van der Waals surface area contributed by atoms with Crippen molar-refractivity contribution in [3.8, 4) is 0 Å². The highest BCUT2D eigenvalue weighted by Gasteiger charge is 2.35. The number of epoxide rings is 1. The lowest BCUT2D eigenvalue weighted by atomic mass is 10.2. The molecule has 1 saturated heterocycles. The average Bonchev–Trinajstić information content (AvgIpc) is 3.14. The van der Waals surface area contributed by atoms with Gasteiger partial charge in [0.05, 0.1) is 33.4 Å². The van der Waals surface area contributed by atoms with Crippen molar-refractivity contribution in [2.45, 2.75) is 46.1 Å². The van der Waals surface area contributed by atoms with E-state index in [0.717, 1.165) is 13.7 Å². The molecule has 6 nitrogen and oxygen atoms in total. The van der Waals surface area contributed by atoms with Crippen molar-refractivity contribution >= 4 is 10.4 Å². The molecule has 1 atom stereocenters. The smallest absolute Gasteiger partial charge is 0.217 e. The molecule has 0 saturated carbocycles. The summed E-state index contributed by atoms with van der Waals surface area (Å²) in [4.78, 5) is 0. The van der Waals surface area contributed by atoms with E-state index in [1.807, 2.05) is 0 Å². The van der Waals surface area contributed by atoms with Gasteiger partial charge in [-0.05, 0) is 19.3 Å². The second kappa shape index (κ2) is 9.68. The molecule has 0 radical (unpaired) electrons. The van der Waals surface area contributed by atoms with Gasteiger partial charge in [0.25, 0.3) is 0 Å². The van der Waals surface area contributed by atoms with Gasteiger partial charge in [0.1, 0.15) is 12.6 Å². The van der Waals surface area contributed by atoms with Gasteiger partial charge >= 0.3 is 0 Å². The summed E-state index contributed by atoms with van der Waals surface area (Å²) < 4.78 is 37.7. The van der Waals surface area contributed by atoms with Crippen LogP contribution in [0.2, 0.25) is 0 Å². The molecule has 0 aromatic rings. The summed E-state index contributed by atoms with van der Waals surface area (Å²) in [5.74, 6) is 0. The van der Waals surface area contributed by atoms with E-state index in [0.29, 0.717) is 6.10 Å². The fraction of sp³-hybridized carbons (Fsp3) is 1.00. The molecule has 122 valence electrons. The molecule has 1 rings (SSSR count). The highest BCUT2D eigenvalue weighted by atomic mass is 32.3. The first-order valence-electron chi connectivity index (χ1n) is 7.30. The number of hydrogen-bond donors (Lipinski definition) is 0. The molecule has 1 heterocycles. The van der Waals surface area contributed by atoms with E-state index >= 15 is 0 Å². The molecule has 1 unspecified atom stereocenters. The quantitative estimate of drug-likeness (QED) is 0.279. The van der Waals surface area contributed by atoms with Crippen LogP contribution in [0.15, 0.2) is 0 Å². The topological polar surface area (TPSA) is 79.0 Å². The maximum absolute atomic E-state index is 9.22. The minimum absolute atomic E-state index is 0.583. The molecule has 0 bridgehead atoms. The first-order chi connectivity index (χ1) is 9.32. The Bertz CT molecular complexity index is 324. The van der Waals surface area contributed by atoms with E-state index in [4.69, 9.17) is 4.74 Å². The summed E-state index contributed by atoms with van der Waals surface area (Å²) in [5.41, 5.74) is 0. The van der Waals surface area contributed by atoms with Gasteiger partial charge in [-0.3, -0.25) is 4.18 Å². The highest BCUT2D eigenvalue weighted by Crippen LogP contribution is 2.19. The van der Waals surface area contributed by atoms with E-state index in [2.05, 4.69) is 25.0 Å². The van der Waals surface area contributed by atoms with Gasteiger partial charge in [-0.2, -0.15) is 0 Å². The zero-order valence-electron chi connectivity index (χ0n) is 13.1. The third kappa shape index (κ3) is 9.66. The van der Waals surface area contributed by atoms with Crippen molar-refractivity contribution in [3.63, 3.8) is 0 Å². The molecule has 7 heteroatoms. The molecule has 0 spiro atoms. The second-order valence-corrected chi connectivity index (χ2v) is 6.38. The molecule has 0 amide bonds. The van der Waals surface area contributed by atoms with E-state index in [9.17, 15) is 13.0 Å². The first kappa shape index (κ1) is 19.8. The minimum atomic E-state index is -4.41. The lowest BCUT2D eigenvalue weighted by Crippen LogP contribution is -2.52. The Kier molecular flexibility index (Phi) is 9.58. The number of rotatable bonds is 9. The zero-order valence-corrected chi connectivity index (χ0v) is 13.9. The van der Waals surface area contributed by atoms with Gasteiger partial charge < -0.3 is 13.8 Å². The molecule has 1 aliphatic heterocycles. The number of nitrogens with zero attached hydrogens (tertiary/aromatic N) is 1. The fourth-order valence-corrected chi connectivity index (χ4v) is 2.64. The maximum Gasteiger partial charge on any atom is 0.217 e. The Hall–Kier alpha value is -0.210. The van der Waals surface area contributed by atoms with Crippen molar-refractivity contribution < 1.29 is 26.4 Å². The fourth-order valence-electron chi connectivity index (χ4n) is 2.64. The number of ether oxygens (including phenoxy) is 1. The van der Waals surface area contributed by atoms with Gasteiger partial charge in [-0.25, -0.2) is 8.42 Å². The largest absolute Gasteiger partial charge is 0.726 e. The van der Waals surface area contributed by atoms with Crippen molar-refractivity contribution in [2.24, 2.45) is 0 Å². The summed E-state index contributed by atoms with van der Waals surface area (Å²) in [6.07, 6.45) is 4.48. The summed E-state index contributed by atoms with van der Waals surface area (Å²) in [6.45, 7) is 13.2. The molecule has 1 fully saturated rings. The van der Waals surface area contributed by atoms with Crippen LogP contribution < -0.4 is 0 Å². The molecule has 20 heavy (non-hydrogen) atoms. The standard InChI is InChI=1S/C12H26NO.CH4O4S/c1-4-7-13(8-5-2,9-6-3)10-12-11-14-12;1-5-6(2,3)4/h12H,4-11H2,1-3H3;1H3,(H,2,3,4)/q+1;/p-1. The lowest BCUT2D eigenvalue weighted by Gasteiger charge is -2.38. The molecule has 0 aromatic heterocycles. The Morgan fingerprint density at radius 3 is 1.70 bits per heavy atom. The van der Waals surface area contributed by atoms with Gasteiger partial charge in [0.15, 0.2) is 0 Å². The van der Waals surface area contributed by atoms with E-state index in [1.165, 1.54) is 49.9 Å². The van der Waals surface area contributed by atoms with Crippen LogP contribution in [-0.4, -0.2) is 63.5 Å². The Morgan fingerprint density at radius 2 is 1.50 bits per heavy atom. The molecular weight excluding hydrogens is 282 g/mol. The van der Waals surface area contributed by atoms with Crippen LogP contribution in [0.5, 0.6) is 0 Å². The molecule has 1 aliphatic rings. The summed E-state index contributed by atoms with van der Waals surface area (Å²) in [7, 11) is -3.60. The van der Waals surface area contributed by atoms with E-state index in [-0.39, 0.29) is 0 Å². The zero-order chi connectivity index (χ0) is 15.6. The van der Waals surface area contributed by atoms with Crippen molar-refractivity contribution in [3.05, 3.63) is 0 Å². The first-order valence-corrected chi connectivity index (χ1v) is 8.64. The van der Waals surface area contributed by atoms with Gasteiger partial charge in [0.2, 0.25) is 10.4 Å². The van der Waals surface area contributed by atoms with Gasteiger partial charge in [-0.1, -0.05) is 20.8 Å². The Balaban J connectivity index is 0.000000511. The predicted octanol–water partition coefficient (Wildman–Crippen LogP) is 1.53. The lowest BCUT2D eigenvalue weighted by molar-refractivity contribution is -0.928. The SMILES string of the molecule is CCC[N+](CCC)(CCC)CC1CO1.COS(=O)(=O)[O-]. The van der Waals surface area contributed by atoms with Crippen LogP contribution in [-0.2, 0) is 19.3 Å². The Labute approximate surface area is 123 Å². The van der Waals surface area contributed by atoms with Crippen molar-refractivity contribution in [1.29, 1.82) is 0 Å². The van der Waals surface area contributed by atoms with Crippen molar-refractivity contribution in [1.82, 2.24) is 0 Å². The summed E-state index contributed by atoms with van der Waals surface area (Å²) in [6, 6.07) is 0. The highest BCUT2D eigenvalue weighted by molar-refractivity contribution is 7.80. The summed E-state index contributed by atoms with van der Waals surface area (Å²) >= 11 is 0. The van der Waals surface area contributed by atoms with Crippen LogP contribution in [0.25, 0.3) is 0 Å². The monoisotopic (exact) mass is 311 g/mol. The van der Waals surface area contributed by atoms with Gasteiger partial charge in [0, 0.05) is 0 Å². The molecular formula is C13H29NO5S. The van der Waals surface area contributed by atoms with E-state index < -0.39 is 10.4 Å². The molecule has 0 aliphatic carbocycles. The van der Waals surface area contributed by atoms with Crippen LogP contribution in [0, 0.1) is 0 Å². The second-order valence-electron chi connectivity index (χ2n) is 5.23. The Morgan fingerprint density at radius 1 is 1.15 bits per heavy atom. The third-order valence-corrected chi connectivity index (χ3v) is 3.70. The summed E-state index contributed by atoms with van der Waals surface area (Å²) in [5, 5.41) is 0. The minimum Gasteiger partial charge on any atom is -0.726 e. The average molecular weight is 311 g/mol. The van der Waals surface area contributed by atoms with Crippen LogP contribution in [0.1, 0.15) is 40.0 Å². The van der Waals surface area contributed by atoms with Crippen molar-refractivity contribution in [2.75, 3.05) is 39.9 Å². The van der Waals surface area contributed by atoms with Crippen LogP contribution >= 0.6 is 0 Å². The van der Waals surface area contributed by atoms with Crippen LogP contribution in [0.4, 0.5) is 0 Å². The van der Waals surface area contributed by atoms with Crippen LogP contribution in [0.3, 0.4) is 0 Å². The normalized spacial score (nSPS) is 18.4. The maximum atomic E-state index is 9.22.